The molecule has 2 amide bonds. The van der Waals surface area contributed by atoms with E-state index in [-0.39, 0.29) is 17.7 Å². The molecule has 3 aromatic carbocycles. The summed E-state index contributed by atoms with van der Waals surface area (Å²) in [6, 6.07) is 19.6. The minimum absolute atomic E-state index is 0.249. The van der Waals surface area contributed by atoms with Crippen molar-refractivity contribution in [1.82, 2.24) is 4.90 Å². The minimum Gasteiger partial charge on any atom is -0.490 e. The van der Waals surface area contributed by atoms with Crippen molar-refractivity contribution < 1.29 is 19.1 Å². The van der Waals surface area contributed by atoms with Crippen LogP contribution in [0.3, 0.4) is 0 Å². The van der Waals surface area contributed by atoms with Crippen molar-refractivity contribution in [3.05, 3.63) is 95.9 Å². The van der Waals surface area contributed by atoms with E-state index in [9.17, 15) is 9.59 Å². The summed E-state index contributed by atoms with van der Waals surface area (Å²) >= 11 is 6.76. The normalized spacial score (nSPS) is 14.6. The van der Waals surface area contributed by atoms with Gasteiger partial charge in [-0.05, 0) is 111 Å². The molecule has 180 valence electrons. The molecule has 0 saturated carbocycles. The third kappa shape index (κ3) is 6.48. The number of rotatable bonds is 8. The van der Waals surface area contributed by atoms with E-state index in [1.807, 2.05) is 68.4 Å². The highest BCUT2D eigenvalue weighted by molar-refractivity contribution is 14.1. The fourth-order valence-corrected chi connectivity index (χ4v) is 5.36. The molecule has 1 saturated heterocycles. The summed E-state index contributed by atoms with van der Waals surface area (Å²) in [6.07, 6.45) is 1.72. The first kappa shape index (κ1) is 25.8. The average Bonchev–Trinajstić information content (AvgIpc) is 3.07. The second-order valence-corrected chi connectivity index (χ2v) is 11.0. The lowest BCUT2D eigenvalue weighted by Crippen LogP contribution is -2.27. The quantitative estimate of drug-likeness (QED) is 0.184. The fourth-order valence-electron chi connectivity index (χ4n) is 3.59. The Kier molecular flexibility index (Phi) is 8.56. The molecule has 4 rings (SSSR count). The Morgan fingerprint density at radius 3 is 2.51 bits per heavy atom. The largest absolute Gasteiger partial charge is 0.490 e. The third-order valence-electron chi connectivity index (χ3n) is 5.22. The molecule has 0 spiro atoms. The second kappa shape index (κ2) is 11.6. The maximum atomic E-state index is 13.0. The number of hydrogen-bond acceptors (Lipinski definition) is 5. The number of ether oxygens (including phenoxy) is 2. The van der Waals surface area contributed by atoms with Crippen LogP contribution in [0.4, 0.5) is 4.79 Å². The Morgan fingerprint density at radius 1 is 1.03 bits per heavy atom. The van der Waals surface area contributed by atoms with Gasteiger partial charge in [0.05, 0.1) is 22.5 Å². The summed E-state index contributed by atoms with van der Waals surface area (Å²) in [6.45, 7) is 5.06. The van der Waals surface area contributed by atoms with Crippen LogP contribution in [0.15, 0.2) is 70.0 Å². The highest BCUT2D eigenvalue weighted by Gasteiger charge is 2.35. The molecule has 0 unspecified atom stereocenters. The van der Waals surface area contributed by atoms with Gasteiger partial charge in [0.25, 0.3) is 11.1 Å². The Hall–Kier alpha value is -2.30. The zero-order chi connectivity index (χ0) is 24.9. The number of amides is 2. The van der Waals surface area contributed by atoms with Crippen molar-refractivity contribution in [3.63, 3.8) is 0 Å². The van der Waals surface area contributed by atoms with Crippen molar-refractivity contribution >= 4 is 67.5 Å². The van der Waals surface area contributed by atoms with Crippen LogP contribution in [0, 0.1) is 10.5 Å². The summed E-state index contributed by atoms with van der Waals surface area (Å²) in [5.74, 6) is 0.864. The fraction of sp³-hybridized carbons (Fsp3) is 0.185. The van der Waals surface area contributed by atoms with Gasteiger partial charge < -0.3 is 9.47 Å². The summed E-state index contributed by atoms with van der Waals surface area (Å²) in [5, 5.41) is -0.276. The topological polar surface area (TPSA) is 55.8 Å². The number of carbonyl (C=O) groups excluding carboxylic acids is 2. The molecule has 3 aromatic rings. The van der Waals surface area contributed by atoms with Gasteiger partial charge in [0.2, 0.25) is 0 Å². The van der Waals surface area contributed by atoms with Crippen LogP contribution in [0.25, 0.3) is 6.08 Å². The van der Waals surface area contributed by atoms with Gasteiger partial charge in [-0.25, -0.2) is 0 Å². The van der Waals surface area contributed by atoms with Crippen LogP contribution < -0.4 is 9.47 Å². The van der Waals surface area contributed by atoms with E-state index >= 15 is 0 Å². The van der Waals surface area contributed by atoms with Crippen LogP contribution >= 0.6 is 50.3 Å². The summed E-state index contributed by atoms with van der Waals surface area (Å²) < 4.78 is 13.7. The molecule has 35 heavy (non-hydrogen) atoms. The summed E-state index contributed by atoms with van der Waals surface area (Å²) in [7, 11) is 0. The number of imide groups is 1. The molecule has 0 bridgehead atoms. The van der Waals surface area contributed by atoms with Crippen LogP contribution in [-0.2, 0) is 17.9 Å². The third-order valence-corrected chi connectivity index (χ3v) is 7.44. The van der Waals surface area contributed by atoms with E-state index in [4.69, 9.17) is 9.47 Å². The standard InChI is InChI=1S/C27H23BrINO4S/c1-3-33-23-13-20(12-22(28)25(23)34-16-19-6-4-5-17(2)11-19)14-24-26(31)30(27(32)35-24)15-18-7-9-21(29)10-8-18/h4-14H,3,15-16H2,1-2H3/b24-14-. The summed E-state index contributed by atoms with van der Waals surface area (Å²) in [4.78, 5) is 27.2. The van der Waals surface area contributed by atoms with Crippen molar-refractivity contribution in [3.8, 4) is 11.5 Å². The second-order valence-electron chi connectivity index (χ2n) is 7.94. The average molecular weight is 664 g/mol. The number of thioether (sulfide) groups is 1. The van der Waals surface area contributed by atoms with Gasteiger partial charge in [-0.15, -0.1) is 0 Å². The van der Waals surface area contributed by atoms with E-state index in [0.717, 1.165) is 32.0 Å². The Bertz CT molecular complexity index is 1290. The van der Waals surface area contributed by atoms with Crippen molar-refractivity contribution in [2.24, 2.45) is 0 Å². The lowest BCUT2D eigenvalue weighted by molar-refractivity contribution is -0.123. The van der Waals surface area contributed by atoms with Crippen molar-refractivity contribution in [2.45, 2.75) is 27.0 Å². The number of aryl methyl sites for hydroxylation is 1. The molecule has 8 heteroatoms. The molecule has 0 radical (unpaired) electrons. The highest BCUT2D eigenvalue weighted by Crippen LogP contribution is 2.40. The van der Waals surface area contributed by atoms with E-state index in [1.165, 1.54) is 10.5 Å². The first-order valence-corrected chi connectivity index (χ1v) is 13.7. The smallest absolute Gasteiger partial charge is 0.293 e. The predicted molar refractivity (Wildman–Crippen MR) is 151 cm³/mol. The molecule has 1 heterocycles. The monoisotopic (exact) mass is 663 g/mol. The number of carbonyl (C=O) groups is 2. The molecule has 5 nitrogen and oxygen atoms in total. The maximum absolute atomic E-state index is 13.0. The molecule has 0 aliphatic carbocycles. The Morgan fingerprint density at radius 2 is 1.80 bits per heavy atom. The van der Waals surface area contributed by atoms with Gasteiger partial charge in [-0.2, -0.15) is 0 Å². The molecule has 1 fully saturated rings. The predicted octanol–water partition coefficient (Wildman–Crippen LogP) is 7.58. The first-order chi connectivity index (χ1) is 16.8. The molecule has 1 aliphatic rings. The molecule has 1 aliphatic heterocycles. The van der Waals surface area contributed by atoms with Gasteiger partial charge in [0, 0.05) is 3.57 Å². The minimum atomic E-state index is -0.299. The highest BCUT2D eigenvalue weighted by atomic mass is 127. The van der Waals surface area contributed by atoms with Gasteiger partial charge in [0.1, 0.15) is 6.61 Å². The van der Waals surface area contributed by atoms with Gasteiger partial charge in [0.15, 0.2) is 11.5 Å². The van der Waals surface area contributed by atoms with E-state index in [0.29, 0.717) is 34.1 Å². The van der Waals surface area contributed by atoms with Crippen LogP contribution in [0.2, 0.25) is 0 Å². The Balaban J connectivity index is 1.55. The SMILES string of the molecule is CCOc1cc(/C=C2\SC(=O)N(Cc3ccc(I)cc3)C2=O)cc(Br)c1OCc1cccc(C)c1. The first-order valence-electron chi connectivity index (χ1n) is 11.0. The number of benzene rings is 3. The molecular formula is C27H23BrINO4S. The van der Waals surface area contributed by atoms with Crippen molar-refractivity contribution in [2.75, 3.05) is 6.61 Å². The Labute approximate surface area is 231 Å². The number of halogens is 2. The molecule has 0 atom stereocenters. The van der Waals surface area contributed by atoms with Crippen LogP contribution in [0.5, 0.6) is 11.5 Å². The van der Waals surface area contributed by atoms with Gasteiger partial charge in [-0.3, -0.25) is 14.5 Å². The van der Waals surface area contributed by atoms with E-state index < -0.39 is 0 Å². The lowest BCUT2D eigenvalue weighted by atomic mass is 10.1. The molecule has 0 N–H and O–H groups in total. The summed E-state index contributed by atoms with van der Waals surface area (Å²) in [5.41, 5.74) is 3.88. The van der Waals surface area contributed by atoms with E-state index in [2.05, 4.69) is 44.6 Å². The van der Waals surface area contributed by atoms with Crippen molar-refractivity contribution in [1.29, 1.82) is 0 Å². The maximum Gasteiger partial charge on any atom is 0.293 e. The molecular weight excluding hydrogens is 641 g/mol. The zero-order valence-corrected chi connectivity index (χ0v) is 23.8. The van der Waals surface area contributed by atoms with Crippen LogP contribution in [-0.4, -0.2) is 22.7 Å². The number of nitrogens with zero attached hydrogens (tertiary/aromatic N) is 1. The number of hydrogen-bond donors (Lipinski definition) is 0. The van der Waals surface area contributed by atoms with Crippen LogP contribution in [0.1, 0.15) is 29.2 Å². The zero-order valence-electron chi connectivity index (χ0n) is 19.2. The molecule has 0 aromatic heterocycles. The van der Waals surface area contributed by atoms with E-state index in [1.54, 1.807) is 6.08 Å². The van der Waals surface area contributed by atoms with Gasteiger partial charge >= 0.3 is 0 Å². The lowest BCUT2D eigenvalue weighted by Gasteiger charge is -2.15. The van der Waals surface area contributed by atoms with Gasteiger partial charge in [-0.1, -0.05) is 42.0 Å².